The Morgan fingerprint density at radius 2 is 1.82 bits per heavy atom. The monoisotopic (exact) mass is 293 g/mol. The Balaban J connectivity index is 1.42. The second-order valence-corrected chi connectivity index (χ2v) is 5.66. The zero-order valence-corrected chi connectivity index (χ0v) is 12.5. The fourth-order valence-electron chi connectivity index (χ4n) is 3.07. The van der Waals surface area contributed by atoms with Crippen molar-refractivity contribution >= 4 is 16.7 Å². The molecule has 0 amide bonds. The van der Waals surface area contributed by atoms with Gasteiger partial charge in [0.15, 0.2) is 0 Å². The summed E-state index contributed by atoms with van der Waals surface area (Å²) < 4.78 is 2.33. The van der Waals surface area contributed by atoms with Gasteiger partial charge in [-0.1, -0.05) is 18.2 Å². The van der Waals surface area contributed by atoms with Gasteiger partial charge < -0.3 is 9.47 Å². The van der Waals surface area contributed by atoms with Crippen LogP contribution in [0.4, 0.5) is 5.82 Å². The number of aromatic nitrogens is 3. The lowest BCUT2D eigenvalue weighted by Gasteiger charge is -2.35. The fourth-order valence-corrected chi connectivity index (χ4v) is 3.07. The van der Waals surface area contributed by atoms with E-state index in [0.29, 0.717) is 0 Å². The van der Waals surface area contributed by atoms with E-state index in [9.17, 15) is 0 Å². The third-order valence-corrected chi connectivity index (χ3v) is 4.30. The number of fused-ring (bicyclic) bond motifs is 1. The van der Waals surface area contributed by atoms with E-state index < -0.39 is 0 Å². The predicted molar refractivity (Wildman–Crippen MR) is 87.8 cm³/mol. The molecule has 3 heterocycles. The van der Waals surface area contributed by atoms with Crippen molar-refractivity contribution < 1.29 is 0 Å². The van der Waals surface area contributed by atoms with Gasteiger partial charge in [-0.3, -0.25) is 4.90 Å². The molecule has 5 heteroatoms. The smallest absolute Gasteiger partial charge is 0.131 e. The lowest BCUT2D eigenvalue weighted by atomic mass is 10.2. The summed E-state index contributed by atoms with van der Waals surface area (Å²) in [5.41, 5.74) is 1.31. The summed E-state index contributed by atoms with van der Waals surface area (Å²) in [6, 6.07) is 12.7. The van der Waals surface area contributed by atoms with Gasteiger partial charge in [0.1, 0.15) is 12.1 Å². The molecular formula is C17H19N5. The van der Waals surface area contributed by atoms with Crippen LogP contribution in [0.3, 0.4) is 0 Å². The maximum absolute atomic E-state index is 4.34. The van der Waals surface area contributed by atoms with Crippen LogP contribution in [0.2, 0.25) is 0 Å². The molecule has 1 aliphatic rings. The van der Waals surface area contributed by atoms with Gasteiger partial charge in [-0.05, 0) is 23.6 Å². The quantitative estimate of drug-likeness (QED) is 0.742. The molecule has 0 bridgehead atoms. The third kappa shape index (κ3) is 2.55. The first-order valence-electron chi connectivity index (χ1n) is 7.67. The summed E-state index contributed by atoms with van der Waals surface area (Å²) in [7, 11) is 0. The van der Waals surface area contributed by atoms with E-state index in [1.165, 1.54) is 10.9 Å². The zero-order chi connectivity index (χ0) is 14.8. The van der Waals surface area contributed by atoms with Crippen LogP contribution in [0.5, 0.6) is 0 Å². The molecule has 3 aromatic rings. The fraction of sp³-hybridized carbons (Fsp3) is 0.294. The van der Waals surface area contributed by atoms with Crippen molar-refractivity contribution in [1.82, 2.24) is 19.4 Å². The Kier molecular flexibility index (Phi) is 3.48. The summed E-state index contributed by atoms with van der Waals surface area (Å²) in [6.07, 6.45) is 5.61. The van der Waals surface area contributed by atoms with Crippen LogP contribution >= 0.6 is 0 Å². The maximum atomic E-state index is 4.34. The average Bonchev–Trinajstić information content (AvgIpc) is 3.00. The second kappa shape index (κ2) is 5.77. The van der Waals surface area contributed by atoms with Gasteiger partial charge in [0, 0.05) is 44.1 Å². The summed E-state index contributed by atoms with van der Waals surface area (Å²) in [5, 5.41) is 1.31. The predicted octanol–water partition coefficient (Wildman–Crippen LogP) is 2.21. The lowest BCUT2D eigenvalue weighted by Crippen LogP contribution is -2.47. The van der Waals surface area contributed by atoms with Crippen LogP contribution < -0.4 is 4.90 Å². The van der Waals surface area contributed by atoms with E-state index in [1.54, 1.807) is 12.5 Å². The first-order valence-corrected chi connectivity index (χ1v) is 7.67. The van der Waals surface area contributed by atoms with E-state index in [2.05, 4.69) is 60.9 Å². The minimum atomic E-state index is 0.950. The Bertz CT molecular complexity index is 744. The van der Waals surface area contributed by atoms with Crippen molar-refractivity contribution in [3.8, 4) is 0 Å². The maximum Gasteiger partial charge on any atom is 0.131 e. The van der Waals surface area contributed by atoms with Crippen LogP contribution in [0.15, 0.2) is 55.1 Å². The number of nitrogens with zero attached hydrogens (tertiary/aromatic N) is 5. The standard InChI is InChI=1S/C17H19N5/c1-2-4-16-15(3-1)6-8-22(16)14-20-9-11-21(12-10-20)17-5-7-18-13-19-17/h1-8,13H,9-12,14H2. The van der Waals surface area contributed by atoms with E-state index in [4.69, 9.17) is 0 Å². The summed E-state index contributed by atoms with van der Waals surface area (Å²) in [4.78, 5) is 13.1. The van der Waals surface area contributed by atoms with Gasteiger partial charge in [0.2, 0.25) is 0 Å². The number of rotatable bonds is 3. The number of anilines is 1. The molecule has 0 atom stereocenters. The Morgan fingerprint density at radius 3 is 2.64 bits per heavy atom. The Hall–Kier alpha value is -2.40. The van der Waals surface area contributed by atoms with Crippen LogP contribution in [-0.2, 0) is 6.67 Å². The Labute approximate surface area is 129 Å². The van der Waals surface area contributed by atoms with Crippen LogP contribution in [0.1, 0.15) is 0 Å². The first-order chi connectivity index (χ1) is 10.9. The normalized spacial score (nSPS) is 16.3. The van der Waals surface area contributed by atoms with Gasteiger partial charge >= 0.3 is 0 Å². The average molecular weight is 293 g/mol. The van der Waals surface area contributed by atoms with Crippen molar-refractivity contribution in [2.45, 2.75) is 6.67 Å². The van der Waals surface area contributed by atoms with E-state index >= 15 is 0 Å². The van der Waals surface area contributed by atoms with Crippen molar-refractivity contribution in [2.75, 3.05) is 31.1 Å². The minimum absolute atomic E-state index is 0.950. The van der Waals surface area contributed by atoms with Crippen LogP contribution in [0.25, 0.3) is 10.9 Å². The minimum Gasteiger partial charge on any atom is -0.354 e. The summed E-state index contributed by atoms with van der Waals surface area (Å²) in [5.74, 6) is 1.03. The number of para-hydroxylation sites is 1. The molecule has 1 aromatic carbocycles. The van der Waals surface area contributed by atoms with Gasteiger partial charge in [-0.2, -0.15) is 0 Å². The number of hydrogen-bond acceptors (Lipinski definition) is 4. The third-order valence-electron chi connectivity index (χ3n) is 4.30. The molecule has 0 saturated carbocycles. The molecule has 0 spiro atoms. The molecule has 0 N–H and O–H groups in total. The van der Waals surface area contributed by atoms with Gasteiger partial charge in [-0.15, -0.1) is 0 Å². The number of hydrogen-bond donors (Lipinski definition) is 0. The summed E-state index contributed by atoms with van der Waals surface area (Å²) >= 11 is 0. The molecular weight excluding hydrogens is 274 g/mol. The summed E-state index contributed by atoms with van der Waals surface area (Å²) in [6.45, 7) is 5.07. The molecule has 112 valence electrons. The zero-order valence-electron chi connectivity index (χ0n) is 12.5. The topological polar surface area (TPSA) is 37.2 Å². The highest BCUT2D eigenvalue weighted by Crippen LogP contribution is 2.17. The number of piperazine rings is 1. The van der Waals surface area contributed by atoms with Crippen LogP contribution in [0, 0.1) is 0 Å². The molecule has 1 saturated heterocycles. The van der Waals surface area contributed by atoms with Gasteiger partial charge in [0.25, 0.3) is 0 Å². The highest BCUT2D eigenvalue weighted by Gasteiger charge is 2.18. The molecule has 0 radical (unpaired) electrons. The van der Waals surface area contributed by atoms with Crippen molar-refractivity contribution in [2.24, 2.45) is 0 Å². The Morgan fingerprint density at radius 1 is 0.955 bits per heavy atom. The first kappa shape index (κ1) is 13.3. The van der Waals surface area contributed by atoms with E-state index in [1.807, 2.05) is 6.07 Å². The van der Waals surface area contributed by atoms with Crippen molar-refractivity contribution in [1.29, 1.82) is 0 Å². The number of benzene rings is 1. The molecule has 4 rings (SSSR count). The highest BCUT2D eigenvalue weighted by molar-refractivity contribution is 5.79. The van der Waals surface area contributed by atoms with Gasteiger partial charge in [0.05, 0.1) is 6.67 Å². The lowest BCUT2D eigenvalue weighted by molar-refractivity contribution is 0.209. The van der Waals surface area contributed by atoms with Crippen LogP contribution in [-0.4, -0.2) is 45.6 Å². The molecule has 2 aromatic heterocycles. The highest BCUT2D eigenvalue weighted by atomic mass is 15.3. The van der Waals surface area contributed by atoms with Gasteiger partial charge in [-0.25, -0.2) is 9.97 Å². The van der Waals surface area contributed by atoms with E-state index in [0.717, 1.165) is 38.7 Å². The largest absolute Gasteiger partial charge is 0.354 e. The van der Waals surface area contributed by atoms with Crippen molar-refractivity contribution in [3.05, 3.63) is 55.1 Å². The molecule has 22 heavy (non-hydrogen) atoms. The second-order valence-electron chi connectivity index (χ2n) is 5.66. The molecule has 1 aliphatic heterocycles. The van der Waals surface area contributed by atoms with Crippen molar-refractivity contribution in [3.63, 3.8) is 0 Å². The van der Waals surface area contributed by atoms with E-state index in [-0.39, 0.29) is 0 Å². The molecule has 1 fully saturated rings. The molecule has 0 aliphatic carbocycles. The SMILES string of the molecule is c1ccc2c(c1)ccn2CN1CCN(c2ccncn2)CC1. The molecule has 0 unspecified atom stereocenters. The molecule has 5 nitrogen and oxygen atoms in total.